The van der Waals surface area contributed by atoms with Gasteiger partial charge in [0.1, 0.15) is 0 Å². The fourth-order valence-electron chi connectivity index (χ4n) is 2.06. The van der Waals surface area contributed by atoms with Gasteiger partial charge in [-0.25, -0.2) is 0 Å². The largest absolute Gasteiger partial charge is 0.393 e. The van der Waals surface area contributed by atoms with E-state index in [1.54, 1.807) is 0 Å². The van der Waals surface area contributed by atoms with E-state index in [4.69, 9.17) is 0 Å². The van der Waals surface area contributed by atoms with Gasteiger partial charge in [-0.1, -0.05) is 13.3 Å². The van der Waals surface area contributed by atoms with Crippen LogP contribution in [0.25, 0.3) is 0 Å². The summed E-state index contributed by atoms with van der Waals surface area (Å²) in [5.74, 6) is -0.109. The van der Waals surface area contributed by atoms with Gasteiger partial charge in [0.2, 0.25) is 11.8 Å². The van der Waals surface area contributed by atoms with Crippen molar-refractivity contribution >= 4 is 11.8 Å². The van der Waals surface area contributed by atoms with E-state index in [2.05, 4.69) is 10.6 Å². The molecule has 0 bridgehead atoms. The molecule has 0 aromatic carbocycles. The monoisotopic (exact) mass is 242 g/mol. The van der Waals surface area contributed by atoms with Gasteiger partial charge in [0.15, 0.2) is 0 Å². The van der Waals surface area contributed by atoms with Crippen LogP contribution in [-0.2, 0) is 9.59 Å². The van der Waals surface area contributed by atoms with Crippen LogP contribution in [0.4, 0.5) is 0 Å². The Kier molecular flexibility index (Phi) is 5.97. The second kappa shape index (κ2) is 7.27. The van der Waals surface area contributed by atoms with Crippen molar-refractivity contribution in [2.24, 2.45) is 5.92 Å². The molecule has 0 spiro atoms. The third-order valence-corrected chi connectivity index (χ3v) is 3.10. The highest BCUT2D eigenvalue weighted by Gasteiger charge is 2.25. The van der Waals surface area contributed by atoms with E-state index >= 15 is 0 Å². The second-order valence-electron chi connectivity index (χ2n) is 4.59. The van der Waals surface area contributed by atoms with Crippen molar-refractivity contribution in [2.75, 3.05) is 13.1 Å². The molecule has 0 saturated heterocycles. The molecule has 17 heavy (non-hydrogen) atoms. The Balaban J connectivity index is 2.10. The summed E-state index contributed by atoms with van der Waals surface area (Å²) >= 11 is 0. The molecule has 2 unspecified atom stereocenters. The van der Waals surface area contributed by atoms with Gasteiger partial charge >= 0.3 is 0 Å². The molecule has 0 aromatic rings. The summed E-state index contributed by atoms with van der Waals surface area (Å²) in [5.41, 5.74) is 0. The van der Waals surface area contributed by atoms with Crippen molar-refractivity contribution < 1.29 is 14.7 Å². The predicted octanol–water partition coefficient (Wildman–Crippen LogP) is 0.180. The molecule has 2 amide bonds. The van der Waals surface area contributed by atoms with Crippen LogP contribution in [0.2, 0.25) is 0 Å². The van der Waals surface area contributed by atoms with Crippen LogP contribution in [0.1, 0.15) is 39.0 Å². The molecule has 0 heterocycles. The van der Waals surface area contributed by atoms with Crippen molar-refractivity contribution in [3.8, 4) is 0 Å². The van der Waals surface area contributed by atoms with Crippen LogP contribution < -0.4 is 10.6 Å². The van der Waals surface area contributed by atoms with Crippen LogP contribution in [0.15, 0.2) is 0 Å². The van der Waals surface area contributed by atoms with Crippen molar-refractivity contribution in [1.29, 1.82) is 0 Å². The summed E-state index contributed by atoms with van der Waals surface area (Å²) in [6, 6.07) is 0. The molecule has 1 fully saturated rings. The van der Waals surface area contributed by atoms with Crippen molar-refractivity contribution in [1.82, 2.24) is 10.6 Å². The average Bonchev–Trinajstić information content (AvgIpc) is 2.70. The number of nitrogens with one attached hydrogen (secondary N) is 2. The lowest BCUT2D eigenvalue weighted by molar-refractivity contribution is -0.126. The molecule has 98 valence electrons. The van der Waals surface area contributed by atoms with E-state index in [1.165, 1.54) is 0 Å². The zero-order valence-corrected chi connectivity index (χ0v) is 10.4. The summed E-state index contributed by atoms with van der Waals surface area (Å²) in [5, 5.41) is 14.9. The molecule has 5 heteroatoms. The van der Waals surface area contributed by atoms with Crippen molar-refractivity contribution in [3.63, 3.8) is 0 Å². The SMILES string of the molecule is CCCC(=O)NCC(=O)NCC1CCCC1O. The number of aliphatic hydroxyl groups is 1. The minimum absolute atomic E-state index is 0.0294. The number of carbonyl (C=O) groups excluding carboxylic acids is 2. The Hall–Kier alpha value is -1.10. The maximum Gasteiger partial charge on any atom is 0.239 e. The number of rotatable bonds is 6. The molecule has 1 saturated carbocycles. The van der Waals surface area contributed by atoms with Crippen molar-refractivity contribution in [3.05, 3.63) is 0 Å². The van der Waals surface area contributed by atoms with Crippen LogP contribution in [0.3, 0.4) is 0 Å². The molecule has 1 rings (SSSR count). The molecule has 2 atom stereocenters. The smallest absolute Gasteiger partial charge is 0.239 e. The van der Waals surface area contributed by atoms with Gasteiger partial charge in [-0.3, -0.25) is 9.59 Å². The summed E-state index contributed by atoms with van der Waals surface area (Å²) in [7, 11) is 0. The topological polar surface area (TPSA) is 78.4 Å². The highest BCUT2D eigenvalue weighted by Crippen LogP contribution is 2.24. The first-order chi connectivity index (χ1) is 8.13. The van der Waals surface area contributed by atoms with Gasteiger partial charge in [0.25, 0.3) is 0 Å². The zero-order valence-electron chi connectivity index (χ0n) is 10.4. The molecule has 1 aliphatic rings. The molecule has 1 aliphatic carbocycles. The lowest BCUT2D eigenvalue weighted by Gasteiger charge is -2.15. The Morgan fingerprint density at radius 2 is 2.00 bits per heavy atom. The standard InChI is InChI=1S/C12H22N2O3/c1-2-4-11(16)14-8-12(17)13-7-9-5-3-6-10(9)15/h9-10,15H,2-8H2,1H3,(H,13,17)(H,14,16). The quantitative estimate of drug-likeness (QED) is 0.621. The summed E-state index contributed by atoms with van der Waals surface area (Å²) < 4.78 is 0. The maximum absolute atomic E-state index is 11.4. The number of hydrogen-bond donors (Lipinski definition) is 3. The molecule has 0 aromatic heterocycles. The van der Waals surface area contributed by atoms with Crippen LogP contribution in [-0.4, -0.2) is 36.1 Å². The van der Waals surface area contributed by atoms with E-state index in [-0.39, 0.29) is 30.4 Å². The number of hydrogen-bond acceptors (Lipinski definition) is 3. The van der Waals surface area contributed by atoms with Gasteiger partial charge in [0.05, 0.1) is 12.6 Å². The Labute approximate surface area is 102 Å². The molecular formula is C12H22N2O3. The fourth-order valence-corrected chi connectivity index (χ4v) is 2.06. The van der Waals surface area contributed by atoms with Gasteiger partial charge < -0.3 is 15.7 Å². The second-order valence-corrected chi connectivity index (χ2v) is 4.59. The lowest BCUT2D eigenvalue weighted by Crippen LogP contribution is -2.39. The van der Waals surface area contributed by atoms with Crippen LogP contribution in [0.5, 0.6) is 0 Å². The highest BCUT2D eigenvalue weighted by atomic mass is 16.3. The summed E-state index contributed by atoms with van der Waals surface area (Å²) in [4.78, 5) is 22.5. The van der Waals surface area contributed by atoms with E-state index in [0.29, 0.717) is 13.0 Å². The van der Waals surface area contributed by atoms with E-state index in [9.17, 15) is 14.7 Å². The molecule has 5 nitrogen and oxygen atoms in total. The minimum atomic E-state index is -0.287. The minimum Gasteiger partial charge on any atom is -0.393 e. The first-order valence-electron chi connectivity index (χ1n) is 6.35. The van der Waals surface area contributed by atoms with E-state index in [0.717, 1.165) is 25.7 Å². The zero-order chi connectivity index (χ0) is 12.7. The number of amides is 2. The van der Waals surface area contributed by atoms with Gasteiger partial charge in [-0.05, 0) is 19.3 Å². The fraction of sp³-hybridized carbons (Fsp3) is 0.833. The van der Waals surface area contributed by atoms with Crippen LogP contribution in [0, 0.1) is 5.92 Å². The lowest BCUT2D eigenvalue weighted by atomic mass is 10.1. The first kappa shape index (κ1) is 14.0. The Morgan fingerprint density at radius 1 is 1.24 bits per heavy atom. The number of carbonyl (C=O) groups is 2. The Bertz CT molecular complexity index is 268. The van der Waals surface area contributed by atoms with E-state index < -0.39 is 0 Å². The van der Waals surface area contributed by atoms with Gasteiger partial charge in [-0.15, -0.1) is 0 Å². The van der Waals surface area contributed by atoms with E-state index in [1.807, 2.05) is 6.92 Å². The van der Waals surface area contributed by atoms with Crippen LogP contribution >= 0.6 is 0 Å². The van der Waals surface area contributed by atoms with Crippen molar-refractivity contribution in [2.45, 2.75) is 45.1 Å². The summed E-state index contributed by atoms with van der Waals surface area (Å²) in [6.45, 7) is 2.45. The third-order valence-electron chi connectivity index (χ3n) is 3.10. The van der Waals surface area contributed by atoms with Gasteiger partial charge in [0, 0.05) is 18.9 Å². The predicted molar refractivity (Wildman–Crippen MR) is 64.3 cm³/mol. The third kappa shape index (κ3) is 5.17. The molecule has 3 N–H and O–H groups in total. The normalized spacial score (nSPS) is 23.4. The highest BCUT2D eigenvalue weighted by molar-refractivity contribution is 5.84. The van der Waals surface area contributed by atoms with Gasteiger partial charge in [-0.2, -0.15) is 0 Å². The maximum atomic E-state index is 11.4. The molecule has 0 aliphatic heterocycles. The molecular weight excluding hydrogens is 220 g/mol. The first-order valence-corrected chi connectivity index (χ1v) is 6.35. The summed E-state index contributed by atoms with van der Waals surface area (Å²) in [6.07, 6.45) is 3.76. The Morgan fingerprint density at radius 3 is 2.59 bits per heavy atom. The number of aliphatic hydroxyl groups excluding tert-OH is 1. The molecule has 0 radical (unpaired) electrons. The average molecular weight is 242 g/mol.